The quantitative estimate of drug-likeness (QED) is 0.743. The van der Waals surface area contributed by atoms with Crippen molar-refractivity contribution in [3.8, 4) is 0 Å². The van der Waals surface area contributed by atoms with Gasteiger partial charge in [-0.2, -0.15) is 0 Å². The summed E-state index contributed by atoms with van der Waals surface area (Å²) in [6, 6.07) is 0. The summed E-state index contributed by atoms with van der Waals surface area (Å²) in [5.41, 5.74) is 4.02. The van der Waals surface area contributed by atoms with Gasteiger partial charge in [-0.3, -0.25) is 0 Å². The zero-order valence-electron chi connectivity index (χ0n) is 16.0. The third kappa shape index (κ3) is 3.20. The SMILES string of the molecule is COC1=NC(C2C=CC=CC2O)NC(C2=CC3SC4=C(C=CCC4)C3CC2)=C1. The smallest absolute Gasteiger partial charge is 0.212 e. The van der Waals surface area contributed by atoms with Crippen LogP contribution in [0.15, 0.2) is 75.3 Å². The number of aliphatic hydroxyl groups excluding tert-OH is 1. The second kappa shape index (κ2) is 7.45. The molecule has 0 aromatic rings. The van der Waals surface area contributed by atoms with Crippen molar-refractivity contribution in [1.82, 2.24) is 5.32 Å². The molecule has 0 amide bonds. The molecule has 5 aliphatic rings. The number of ether oxygens (including phenoxy) is 1. The largest absolute Gasteiger partial charge is 0.481 e. The topological polar surface area (TPSA) is 53.9 Å². The molecule has 5 atom stereocenters. The summed E-state index contributed by atoms with van der Waals surface area (Å²) >= 11 is 2.06. The molecule has 2 aliphatic heterocycles. The highest BCUT2D eigenvalue weighted by Gasteiger charge is 2.37. The third-order valence-electron chi connectivity index (χ3n) is 6.23. The van der Waals surface area contributed by atoms with E-state index in [4.69, 9.17) is 4.74 Å². The summed E-state index contributed by atoms with van der Waals surface area (Å²) in [4.78, 5) is 6.25. The predicted octanol–water partition coefficient (Wildman–Crippen LogP) is 4.00. The van der Waals surface area contributed by atoms with Crippen molar-refractivity contribution in [3.63, 3.8) is 0 Å². The Hall–Kier alpha value is -1.98. The van der Waals surface area contributed by atoms with Crippen LogP contribution in [0.25, 0.3) is 0 Å². The van der Waals surface area contributed by atoms with Crippen LogP contribution < -0.4 is 5.32 Å². The van der Waals surface area contributed by atoms with Crippen molar-refractivity contribution in [2.24, 2.45) is 16.8 Å². The zero-order valence-corrected chi connectivity index (χ0v) is 16.9. The minimum atomic E-state index is -0.540. The Kier molecular flexibility index (Phi) is 4.81. The molecule has 2 heterocycles. The molecule has 5 rings (SSSR count). The molecule has 2 N–H and O–H groups in total. The van der Waals surface area contributed by atoms with E-state index in [0.29, 0.717) is 17.1 Å². The third-order valence-corrected chi connectivity index (χ3v) is 7.69. The number of hydrogen-bond acceptors (Lipinski definition) is 5. The molecule has 0 aromatic carbocycles. The lowest BCUT2D eigenvalue weighted by Gasteiger charge is -2.33. The van der Waals surface area contributed by atoms with Gasteiger partial charge in [0, 0.05) is 28.9 Å². The fraction of sp³-hybridized carbons (Fsp3) is 0.435. The van der Waals surface area contributed by atoms with Crippen molar-refractivity contribution in [3.05, 3.63) is 70.4 Å². The maximum absolute atomic E-state index is 10.4. The maximum atomic E-state index is 10.4. The van der Waals surface area contributed by atoms with Gasteiger partial charge >= 0.3 is 0 Å². The Bertz CT molecular complexity index is 877. The molecule has 0 bridgehead atoms. The van der Waals surface area contributed by atoms with Gasteiger partial charge in [-0.25, -0.2) is 4.99 Å². The average molecular weight is 395 g/mol. The molecule has 0 aromatic heterocycles. The van der Waals surface area contributed by atoms with Gasteiger partial charge in [0.05, 0.1) is 13.2 Å². The number of nitrogens with one attached hydrogen (secondary N) is 1. The number of nitrogens with zero attached hydrogens (tertiary/aromatic N) is 1. The zero-order chi connectivity index (χ0) is 19.1. The highest BCUT2D eigenvalue weighted by molar-refractivity contribution is 8.04. The molecule has 4 nitrogen and oxygen atoms in total. The molecule has 5 heteroatoms. The van der Waals surface area contributed by atoms with Gasteiger partial charge in [-0.1, -0.05) is 42.5 Å². The minimum absolute atomic E-state index is 0.101. The van der Waals surface area contributed by atoms with Crippen LogP contribution >= 0.6 is 11.8 Å². The van der Waals surface area contributed by atoms with E-state index < -0.39 is 6.10 Å². The Morgan fingerprint density at radius 2 is 2.14 bits per heavy atom. The summed E-state index contributed by atoms with van der Waals surface area (Å²) in [7, 11) is 1.66. The molecule has 146 valence electrons. The van der Waals surface area contributed by atoms with E-state index in [1.165, 1.54) is 24.8 Å². The average Bonchev–Trinajstić information content (AvgIpc) is 3.11. The Labute approximate surface area is 170 Å². The normalized spacial score (nSPS) is 36.2. The molecule has 3 aliphatic carbocycles. The fourth-order valence-electron chi connectivity index (χ4n) is 4.74. The van der Waals surface area contributed by atoms with Gasteiger partial charge in [0.25, 0.3) is 0 Å². The summed E-state index contributed by atoms with van der Waals surface area (Å²) in [5, 5.41) is 14.5. The molecule has 0 saturated heterocycles. The summed E-state index contributed by atoms with van der Waals surface area (Å²) in [6.07, 6.45) is 20.7. The highest BCUT2D eigenvalue weighted by atomic mass is 32.2. The fourth-order valence-corrected chi connectivity index (χ4v) is 6.34. The lowest BCUT2D eigenvalue weighted by atomic mass is 9.81. The summed E-state index contributed by atoms with van der Waals surface area (Å²) in [6.45, 7) is 0. The van der Waals surface area contributed by atoms with Crippen LogP contribution in [0.5, 0.6) is 0 Å². The van der Waals surface area contributed by atoms with Crippen LogP contribution in [0, 0.1) is 11.8 Å². The van der Waals surface area contributed by atoms with Gasteiger partial charge in [-0.15, -0.1) is 11.8 Å². The first-order valence-electron chi connectivity index (χ1n) is 10.1. The molecule has 0 radical (unpaired) electrons. The maximum Gasteiger partial charge on any atom is 0.212 e. The second-order valence-electron chi connectivity index (χ2n) is 7.90. The predicted molar refractivity (Wildman–Crippen MR) is 115 cm³/mol. The van der Waals surface area contributed by atoms with E-state index in [1.807, 2.05) is 30.4 Å². The number of methoxy groups -OCH3 is 1. The van der Waals surface area contributed by atoms with E-state index in [1.54, 1.807) is 17.6 Å². The van der Waals surface area contributed by atoms with Gasteiger partial charge in [-0.05, 0) is 41.7 Å². The summed E-state index contributed by atoms with van der Waals surface area (Å²) < 4.78 is 5.49. The van der Waals surface area contributed by atoms with Crippen molar-refractivity contribution in [2.45, 2.75) is 43.2 Å². The lowest BCUT2D eigenvalue weighted by Crippen LogP contribution is -2.43. The van der Waals surface area contributed by atoms with Crippen LogP contribution in [-0.4, -0.2) is 35.6 Å². The highest BCUT2D eigenvalue weighted by Crippen LogP contribution is 2.51. The van der Waals surface area contributed by atoms with E-state index in [-0.39, 0.29) is 12.1 Å². The van der Waals surface area contributed by atoms with Crippen LogP contribution in [0.1, 0.15) is 25.7 Å². The Balaban J connectivity index is 1.38. The molecule has 0 spiro atoms. The number of aliphatic hydroxyl groups is 1. The monoisotopic (exact) mass is 394 g/mol. The first-order valence-corrected chi connectivity index (χ1v) is 11.0. The van der Waals surface area contributed by atoms with Crippen LogP contribution in [-0.2, 0) is 4.74 Å². The van der Waals surface area contributed by atoms with E-state index in [0.717, 1.165) is 12.1 Å². The minimum Gasteiger partial charge on any atom is -0.481 e. The van der Waals surface area contributed by atoms with Crippen molar-refractivity contribution < 1.29 is 9.84 Å². The van der Waals surface area contributed by atoms with Crippen LogP contribution in [0.4, 0.5) is 0 Å². The van der Waals surface area contributed by atoms with Gasteiger partial charge in [0.15, 0.2) is 0 Å². The first kappa shape index (κ1) is 18.1. The Morgan fingerprint density at radius 1 is 1.25 bits per heavy atom. The molecule has 0 fully saturated rings. The van der Waals surface area contributed by atoms with Crippen molar-refractivity contribution in [2.75, 3.05) is 7.11 Å². The molecule has 5 unspecified atom stereocenters. The number of hydrogen-bond donors (Lipinski definition) is 2. The Morgan fingerprint density at radius 3 is 3.00 bits per heavy atom. The number of thioether (sulfide) groups is 1. The van der Waals surface area contributed by atoms with Crippen LogP contribution in [0.2, 0.25) is 0 Å². The second-order valence-corrected chi connectivity index (χ2v) is 9.17. The van der Waals surface area contributed by atoms with Gasteiger partial charge in [0.2, 0.25) is 5.90 Å². The molecule has 0 saturated carbocycles. The molecular weight excluding hydrogens is 368 g/mol. The van der Waals surface area contributed by atoms with E-state index in [2.05, 4.69) is 40.3 Å². The lowest BCUT2D eigenvalue weighted by molar-refractivity contribution is 0.153. The first-order chi connectivity index (χ1) is 13.7. The van der Waals surface area contributed by atoms with Gasteiger partial charge in [0.1, 0.15) is 6.17 Å². The number of rotatable bonds is 2. The molecule has 28 heavy (non-hydrogen) atoms. The number of fused-ring (bicyclic) bond motifs is 2. The van der Waals surface area contributed by atoms with Crippen molar-refractivity contribution in [1.29, 1.82) is 0 Å². The van der Waals surface area contributed by atoms with Crippen LogP contribution in [0.3, 0.4) is 0 Å². The standard InChI is InChI=1S/C23H26N2O2S/c1-27-22-13-18(24-23(25-22)17-7-2-4-8-19(17)26)14-10-11-16-15-6-3-5-9-20(15)28-21(16)12-14/h2-4,6-8,12-13,16-17,19,21,23-24,26H,5,9-11H2,1H3. The van der Waals surface area contributed by atoms with E-state index in [9.17, 15) is 5.11 Å². The number of allylic oxidation sites excluding steroid dienone is 7. The summed E-state index contributed by atoms with van der Waals surface area (Å²) in [5.74, 6) is 1.18. The number of aliphatic imine (C=N–C) groups is 1. The van der Waals surface area contributed by atoms with Gasteiger partial charge < -0.3 is 15.2 Å². The molecular formula is C23H26N2O2S. The van der Waals surface area contributed by atoms with E-state index >= 15 is 0 Å². The van der Waals surface area contributed by atoms with Crippen molar-refractivity contribution >= 4 is 17.7 Å².